The molecule has 9 N–H and O–H groups in total. The highest BCUT2D eigenvalue weighted by Gasteiger charge is 2.28. The maximum atomic E-state index is 12.6. The summed E-state index contributed by atoms with van der Waals surface area (Å²) in [6.07, 6.45) is 0. The highest BCUT2D eigenvalue weighted by Crippen LogP contribution is 2.46. The number of rotatable bonds is 11. The molecule has 56 heavy (non-hydrogen) atoms. The molecule has 0 saturated heterocycles. The van der Waals surface area contributed by atoms with E-state index in [0.717, 1.165) is 48.0 Å². The topological polar surface area (TPSA) is 351 Å². The van der Waals surface area contributed by atoms with Crippen LogP contribution in [-0.2, 0) is 47.0 Å². The summed E-state index contributed by atoms with van der Waals surface area (Å²) in [4.78, 5) is 8.23. The van der Waals surface area contributed by atoms with Crippen molar-refractivity contribution in [2.45, 2.75) is 26.1 Å². The number of hydrogen-bond donors (Lipinski definition) is 8. The minimum Gasteiger partial charge on any atom is -0.505 e. The second-order valence-electron chi connectivity index (χ2n) is 11.4. The van der Waals surface area contributed by atoms with Crippen LogP contribution < -0.4 is 16.4 Å². The number of halogens is 1. The SMILES string of the molecule is NCc1ccc(Nc2nc(Cl)nc(Nc3cc(S(=O)(=O)O)cc4cc(S(=O)(=O)O)c(N=Nc5ccc6c(S(=O)(=O)O)cccc6c5S(=O)(=O)O)c(O)c34)n2)cc1. The van der Waals surface area contributed by atoms with Gasteiger partial charge in [0.05, 0.1) is 10.6 Å². The van der Waals surface area contributed by atoms with Crippen molar-refractivity contribution in [3.8, 4) is 5.75 Å². The fourth-order valence-corrected chi connectivity index (χ4v) is 8.30. The van der Waals surface area contributed by atoms with Crippen LogP contribution in [0.4, 0.5) is 34.6 Å². The third kappa shape index (κ3) is 8.35. The Kier molecular flexibility index (Phi) is 10.4. The lowest BCUT2D eigenvalue weighted by molar-refractivity contribution is 0.472. The van der Waals surface area contributed by atoms with Crippen molar-refractivity contribution in [2.24, 2.45) is 16.0 Å². The molecule has 0 fully saturated rings. The number of aromatic nitrogens is 3. The number of aromatic hydroxyl groups is 1. The minimum absolute atomic E-state index is 0.135. The van der Waals surface area contributed by atoms with Crippen LogP contribution >= 0.6 is 11.6 Å². The number of hydrogen-bond acceptors (Lipinski definition) is 17. The van der Waals surface area contributed by atoms with Crippen LogP contribution in [0.1, 0.15) is 5.56 Å². The molecule has 26 heteroatoms. The van der Waals surface area contributed by atoms with Gasteiger partial charge >= 0.3 is 0 Å². The van der Waals surface area contributed by atoms with Crippen molar-refractivity contribution >= 4 is 108 Å². The molecule has 0 amide bonds. The lowest BCUT2D eigenvalue weighted by atomic mass is 10.1. The summed E-state index contributed by atoms with van der Waals surface area (Å²) in [6, 6.07) is 13.8. The van der Waals surface area contributed by atoms with Gasteiger partial charge in [-0.2, -0.15) is 48.6 Å². The normalized spacial score (nSPS) is 12.8. The quantitative estimate of drug-likeness (QED) is 0.0635. The molecule has 0 spiro atoms. The van der Waals surface area contributed by atoms with E-state index in [-0.39, 0.29) is 29.1 Å². The zero-order valence-corrected chi connectivity index (χ0v) is 31.5. The van der Waals surface area contributed by atoms with Gasteiger partial charge in [-0.1, -0.05) is 30.3 Å². The van der Waals surface area contributed by atoms with E-state index in [1.165, 1.54) is 0 Å². The lowest BCUT2D eigenvalue weighted by Crippen LogP contribution is -2.06. The van der Waals surface area contributed by atoms with E-state index in [2.05, 4.69) is 35.8 Å². The number of nitrogens with two attached hydrogens (primary N) is 1. The summed E-state index contributed by atoms with van der Waals surface area (Å²) in [7, 11) is -20.6. The molecule has 0 aliphatic rings. The van der Waals surface area contributed by atoms with E-state index in [1.807, 2.05) is 0 Å². The molecule has 0 unspecified atom stereocenters. The summed E-state index contributed by atoms with van der Waals surface area (Å²) >= 11 is 6.12. The molecule has 0 saturated carbocycles. The zero-order valence-electron chi connectivity index (χ0n) is 27.5. The maximum absolute atomic E-state index is 12.6. The molecule has 6 aromatic rings. The second kappa shape index (κ2) is 14.5. The van der Waals surface area contributed by atoms with Crippen LogP contribution in [0.15, 0.2) is 103 Å². The fourth-order valence-electron chi connectivity index (χ4n) is 5.40. The third-order valence-electron chi connectivity index (χ3n) is 7.74. The van der Waals surface area contributed by atoms with Crippen molar-refractivity contribution in [2.75, 3.05) is 10.6 Å². The Labute approximate surface area is 320 Å². The molecule has 1 heterocycles. The minimum atomic E-state index is -5.39. The number of nitrogens with zero attached hydrogens (tertiary/aromatic N) is 5. The number of phenolic OH excluding ortho intramolecular Hbond substituents is 1. The first kappa shape index (κ1) is 40.2. The number of nitrogens with one attached hydrogen (secondary N) is 2. The molecular weight excluding hydrogens is 844 g/mol. The number of azo groups is 1. The average molecular weight is 867 g/mol. The van der Waals surface area contributed by atoms with Crippen LogP contribution in [0.2, 0.25) is 5.28 Å². The number of fused-ring (bicyclic) bond motifs is 2. The predicted molar refractivity (Wildman–Crippen MR) is 199 cm³/mol. The fraction of sp³-hybridized carbons (Fsp3) is 0.0333. The Hall–Kier alpha value is -5.48. The molecule has 0 aliphatic heterocycles. The van der Waals surface area contributed by atoms with Gasteiger partial charge in [0.15, 0.2) is 5.75 Å². The summed E-state index contributed by atoms with van der Waals surface area (Å²) < 4.78 is 139. The Balaban J connectivity index is 1.56. The van der Waals surface area contributed by atoms with Crippen molar-refractivity contribution in [1.29, 1.82) is 0 Å². The van der Waals surface area contributed by atoms with Crippen molar-refractivity contribution in [3.05, 3.63) is 83.6 Å². The van der Waals surface area contributed by atoms with Crippen LogP contribution in [0.3, 0.4) is 0 Å². The van der Waals surface area contributed by atoms with Crippen LogP contribution in [0.25, 0.3) is 21.5 Å². The first-order chi connectivity index (χ1) is 26.0. The second-order valence-corrected chi connectivity index (χ2v) is 17.3. The van der Waals surface area contributed by atoms with Gasteiger partial charge in [-0.05, 0) is 65.0 Å². The zero-order chi connectivity index (χ0) is 41.0. The molecule has 21 nitrogen and oxygen atoms in total. The predicted octanol–water partition coefficient (Wildman–Crippen LogP) is 4.89. The number of anilines is 4. The Morgan fingerprint density at radius 3 is 1.91 bits per heavy atom. The lowest BCUT2D eigenvalue weighted by Gasteiger charge is -2.15. The largest absolute Gasteiger partial charge is 0.505 e. The van der Waals surface area contributed by atoms with Gasteiger partial charge < -0.3 is 21.5 Å². The summed E-state index contributed by atoms with van der Waals surface area (Å²) in [5.74, 6) is -1.66. The van der Waals surface area contributed by atoms with E-state index >= 15 is 0 Å². The van der Waals surface area contributed by atoms with Gasteiger partial charge in [0.1, 0.15) is 26.1 Å². The molecule has 6 rings (SSSR count). The van der Waals surface area contributed by atoms with Gasteiger partial charge in [0.2, 0.25) is 17.2 Å². The molecule has 292 valence electrons. The smallest absolute Gasteiger partial charge is 0.297 e. The Morgan fingerprint density at radius 1 is 0.679 bits per heavy atom. The molecule has 0 bridgehead atoms. The maximum Gasteiger partial charge on any atom is 0.297 e. The van der Waals surface area contributed by atoms with Crippen LogP contribution in [0, 0.1) is 0 Å². The molecule has 5 aromatic carbocycles. The van der Waals surface area contributed by atoms with Crippen molar-refractivity contribution < 1.29 is 57.0 Å². The number of benzene rings is 5. The van der Waals surface area contributed by atoms with E-state index in [1.54, 1.807) is 24.3 Å². The third-order valence-corrected chi connectivity index (χ3v) is 11.5. The van der Waals surface area contributed by atoms with Gasteiger partial charge in [-0.3, -0.25) is 18.2 Å². The van der Waals surface area contributed by atoms with Gasteiger partial charge in [-0.15, -0.1) is 10.2 Å². The molecule has 0 radical (unpaired) electrons. The standard InChI is InChI=1S/C30H23ClN8O13S4/c31-28-35-29(33-16-6-4-14(13-32)5-7-16)37-30(36-28)34-21-12-17(53(41,42)43)10-15-11-23(55(47,48)49)25(26(40)24(15)21)39-38-20-9-8-18-19(27(20)56(50,51)52)2-1-3-22(18)54(44,45)46/h1-12,40H,13,32H2,(H,41,42,43)(H,44,45,46)(H,47,48,49)(H,50,51,52)(H2,33,34,35,36,37). The van der Waals surface area contributed by atoms with E-state index in [4.69, 9.17) is 17.3 Å². The van der Waals surface area contributed by atoms with Crippen molar-refractivity contribution in [3.63, 3.8) is 0 Å². The first-order valence-corrected chi connectivity index (χ1v) is 21.1. The average Bonchev–Trinajstić information content (AvgIpc) is 3.08. The molecule has 0 aliphatic carbocycles. The molecule has 1 aromatic heterocycles. The highest BCUT2D eigenvalue weighted by molar-refractivity contribution is 7.87. The first-order valence-electron chi connectivity index (χ1n) is 15.0. The van der Waals surface area contributed by atoms with Gasteiger partial charge in [0, 0.05) is 28.4 Å². The monoisotopic (exact) mass is 866 g/mol. The number of phenols is 1. The summed E-state index contributed by atoms with van der Waals surface area (Å²) in [6.45, 7) is 0.277. The van der Waals surface area contributed by atoms with E-state index in [9.17, 15) is 57.0 Å². The van der Waals surface area contributed by atoms with Gasteiger partial charge in [-0.25, -0.2) is 0 Å². The van der Waals surface area contributed by atoms with Crippen LogP contribution in [-0.4, -0.2) is 71.9 Å². The molecule has 0 atom stereocenters. The highest BCUT2D eigenvalue weighted by atomic mass is 35.5. The van der Waals surface area contributed by atoms with E-state index in [0.29, 0.717) is 11.8 Å². The molecular formula is C30H23ClN8O13S4. The summed E-state index contributed by atoms with van der Waals surface area (Å²) in [5, 5.41) is 22.2. The Bertz CT molecular complexity index is 3100. The van der Waals surface area contributed by atoms with Crippen LogP contribution in [0.5, 0.6) is 5.75 Å². The Morgan fingerprint density at radius 2 is 1.32 bits per heavy atom. The van der Waals surface area contributed by atoms with Crippen molar-refractivity contribution in [1.82, 2.24) is 15.0 Å². The summed E-state index contributed by atoms with van der Waals surface area (Å²) in [5.41, 5.74) is 4.70. The van der Waals surface area contributed by atoms with E-state index < -0.39 is 99.0 Å². The van der Waals surface area contributed by atoms with Gasteiger partial charge in [0.25, 0.3) is 40.5 Å².